The van der Waals surface area contributed by atoms with E-state index in [1.807, 2.05) is 49.4 Å². The molecule has 0 bridgehead atoms. The number of hydrogen-bond donors (Lipinski definition) is 0. The Morgan fingerprint density at radius 3 is 2.62 bits per heavy atom. The van der Waals surface area contributed by atoms with Crippen molar-refractivity contribution in [2.45, 2.75) is 32.4 Å². The molecule has 1 aliphatic heterocycles. The fourth-order valence-corrected chi connectivity index (χ4v) is 4.18. The zero-order chi connectivity index (χ0) is 20.0. The Balaban J connectivity index is 1.76. The highest BCUT2D eigenvalue weighted by Gasteiger charge is 2.19. The summed E-state index contributed by atoms with van der Waals surface area (Å²) in [4.78, 5) is 31.1. The maximum Gasteiger partial charge on any atom is 0.265 e. The second-order valence-electron chi connectivity index (χ2n) is 7.48. The van der Waals surface area contributed by atoms with Crippen molar-refractivity contribution >= 4 is 21.7 Å². The zero-order valence-corrected chi connectivity index (χ0v) is 16.2. The summed E-state index contributed by atoms with van der Waals surface area (Å²) in [7, 11) is 0. The van der Waals surface area contributed by atoms with Crippen LogP contribution in [0.15, 0.2) is 64.4 Å². The largest absolute Gasteiger partial charge is 0.376 e. The molecule has 6 heteroatoms. The van der Waals surface area contributed by atoms with Crippen LogP contribution in [-0.2, 0) is 11.3 Å². The number of fused-ring (bicyclic) bond motifs is 3. The van der Waals surface area contributed by atoms with Crippen molar-refractivity contribution < 1.29 is 4.74 Å². The van der Waals surface area contributed by atoms with Crippen molar-refractivity contribution in [2.75, 3.05) is 6.61 Å². The number of pyridine rings is 3. The summed E-state index contributed by atoms with van der Waals surface area (Å²) in [6, 6.07) is 13.1. The average molecular weight is 387 g/mol. The summed E-state index contributed by atoms with van der Waals surface area (Å²) < 4.78 is 8.95. The van der Waals surface area contributed by atoms with Gasteiger partial charge in [0.05, 0.1) is 34.6 Å². The number of rotatable bonds is 3. The summed E-state index contributed by atoms with van der Waals surface area (Å²) >= 11 is 0. The Labute approximate surface area is 167 Å². The smallest absolute Gasteiger partial charge is 0.265 e. The fourth-order valence-electron chi connectivity index (χ4n) is 4.18. The normalized spacial score (nSPS) is 16.7. The van der Waals surface area contributed by atoms with Crippen LogP contribution in [0.5, 0.6) is 0 Å². The summed E-state index contributed by atoms with van der Waals surface area (Å²) in [6.07, 6.45) is 5.55. The lowest BCUT2D eigenvalue weighted by Crippen LogP contribution is -2.27. The number of para-hydroxylation sites is 1. The first-order valence-corrected chi connectivity index (χ1v) is 9.85. The van der Waals surface area contributed by atoms with E-state index in [0.717, 1.165) is 25.1 Å². The first-order valence-electron chi connectivity index (χ1n) is 9.85. The van der Waals surface area contributed by atoms with Gasteiger partial charge >= 0.3 is 0 Å². The van der Waals surface area contributed by atoms with Crippen LogP contribution >= 0.6 is 0 Å². The fraction of sp³-hybridized carbons (Fsp3) is 0.261. The summed E-state index contributed by atoms with van der Waals surface area (Å²) in [6.45, 7) is 3.09. The lowest BCUT2D eigenvalue weighted by Gasteiger charge is -2.14. The molecule has 0 amide bonds. The van der Waals surface area contributed by atoms with E-state index in [4.69, 9.17) is 4.74 Å². The molecule has 1 atom stereocenters. The Hall–Kier alpha value is -3.25. The summed E-state index contributed by atoms with van der Waals surface area (Å²) in [5.74, 6) is 0. The van der Waals surface area contributed by atoms with Gasteiger partial charge < -0.3 is 9.30 Å². The average Bonchev–Trinajstić information content (AvgIpc) is 3.24. The molecule has 4 heterocycles. The van der Waals surface area contributed by atoms with E-state index in [2.05, 4.69) is 4.98 Å². The molecule has 1 saturated heterocycles. The van der Waals surface area contributed by atoms with Crippen LogP contribution in [0.25, 0.3) is 27.4 Å². The van der Waals surface area contributed by atoms with Crippen molar-refractivity contribution in [1.82, 2.24) is 14.1 Å². The lowest BCUT2D eigenvalue weighted by molar-refractivity contribution is 0.0963. The van der Waals surface area contributed by atoms with Crippen LogP contribution in [0.3, 0.4) is 0 Å². The molecule has 0 N–H and O–H groups in total. The van der Waals surface area contributed by atoms with E-state index in [1.165, 1.54) is 0 Å². The van der Waals surface area contributed by atoms with Gasteiger partial charge in [-0.05, 0) is 44.0 Å². The Kier molecular flexibility index (Phi) is 4.28. The van der Waals surface area contributed by atoms with Crippen LogP contribution in [0.1, 0.15) is 18.5 Å². The van der Waals surface area contributed by atoms with Crippen molar-refractivity contribution in [1.29, 1.82) is 0 Å². The second-order valence-corrected chi connectivity index (χ2v) is 7.48. The highest BCUT2D eigenvalue weighted by atomic mass is 16.5. The number of ether oxygens (including phenoxy) is 1. The maximum absolute atomic E-state index is 13.3. The monoisotopic (exact) mass is 387 g/mol. The van der Waals surface area contributed by atoms with Gasteiger partial charge in [0.2, 0.25) is 0 Å². The van der Waals surface area contributed by atoms with Gasteiger partial charge in [-0.15, -0.1) is 0 Å². The van der Waals surface area contributed by atoms with Crippen molar-refractivity contribution in [2.24, 2.45) is 0 Å². The SMILES string of the molecule is Cc1nc2ccn(-c3ccccc3)c(=O)c2c2ccn(CC3CCCO3)c(=O)c12. The molecule has 5 rings (SSSR count). The number of aromatic nitrogens is 3. The lowest BCUT2D eigenvalue weighted by atomic mass is 10.1. The Morgan fingerprint density at radius 2 is 1.86 bits per heavy atom. The molecule has 4 aromatic rings. The maximum atomic E-state index is 13.3. The van der Waals surface area contributed by atoms with Crippen molar-refractivity contribution in [3.05, 3.63) is 81.3 Å². The van der Waals surface area contributed by atoms with Gasteiger partial charge in [-0.25, -0.2) is 0 Å². The molecule has 1 unspecified atom stereocenters. The van der Waals surface area contributed by atoms with Crippen LogP contribution in [0, 0.1) is 6.92 Å². The molecule has 1 fully saturated rings. The van der Waals surface area contributed by atoms with Gasteiger partial charge in [-0.3, -0.25) is 19.1 Å². The van der Waals surface area contributed by atoms with E-state index < -0.39 is 0 Å². The van der Waals surface area contributed by atoms with Gasteiger partial charge in [0.1, 0.15) is 0 Å². The standard InChI is InChI=1S/C23H21N3O3/c1-15-20-18(9-11-25(22(20)27)14-17-8-5-13-29-17)21-19(24-15)10-12-26(23(21)28)16-6-3-2-4-7-16/h2-4,6-7,9-12,17H,5,8,13-14H2,1H3. The number of aryl methyl sites for hydroxylation is 1. The third kappa shape index (κ3) is 2.96. The molecule has 0 spiro atoms. The Morgan fingerprint density at radius 1 is 1.03 bits per heavy atom. The molecular weight excluding hydrogens is 366 g/mol. The highest BCUT2D eigenvalue weighted by molar-refractivity contribution is 6.05. The van der Waals surface area contributed by atoms with Crippen LogP contribution in [0.4, 0.5) is 0 Å². The first kappa shape index (κ1) is 17.8. The second kappa shape index (κ2) is 6.97. The molecule has 146 valence electrons. The van der Waals surface area contributed by atoms with Gasteiger partial charge in [0, 0.05) is 30.1 Å². The molecule has 0 saturated carbocycles. The molecule has 29 heavy (non-hydrogen) atoms. The number of nitrogens with zero attached hydrogens (tertiary/aromatic N) is 3. The first-order chi connectivity index (χ1) is 14.1. The van der Waals surface area contributed by atoms with Gasteiger partial charge in [0.25, 0.3) is 11.1 Å². The van der Waals surface area contributed by atoms with Crippen molar-refractivity contribution in [3.8, 4) is 5.69 Å². The highest BCUT2D eigenvalue weighted by Crippen LogP contribution is 2.22. The summed E-state index contributed by atoms with van der Waals surface area (Å²) in [5, 5.41) is 1.62. The van der Waals surface area contributed by atoms with Crippen LogP contribution in [-0.4, -0.2) is 26.8 Å². The van der Waals surface area contributed by atoms with E-state index >= 15 is 0 Å². The van der Waals surface area contributed by atoms with Crippen LogP contribution in [0.2, 0.25) is 0 Å². The topological polar surface area (TPSA) is 66.1 Å². The molecule has 0 radical (unpaired) electrons. The van der Waals surface area contributed by atoms with Gasteiger partial charge in [-0.1, -0.05) is 18.2 Å². The van der Waals surface area contributed by atoms with Crippen LogP contribution < -0.4 is 11.1 Å². The van der Waals surface area contributed by atoms with Crippen molar-refractivity contribution in [3.63, 3.8) is 0 Å². The summed E-state index contributed by atoms with van der Waals surface area (Å²) in [5.41, 5.74) is 1.71. The zero-order valence-electron chi connectivity index (χ0n) is 16.2. The molecule has 1 aromatic carbocycles. The number of benzene rings is 1. The third-order valence-electron chi connectivity index (χ3n) is 5.61. The van der Waals surface area contributed by atoms with E-state index in [1.54, 1.807) is 21.5 Å². The molecule has 1 aliphatic rings. The number of hydrogen-bond acceptors (Lipinski definition) is 4. The minimum Gasteiger partial charge on any atom is -0.376 e. The quantitative estimate of drug-likeness (QED) is 0.507. The van der Waals surface area contributed by atoms with E-state index in [-0.39, 0.29) is 17.2 Å². The predicted octanol–water partition coefficient (Wildman–Crippen LogP) is 3.19. The van der Waals surface area contributed by atoms with E-state index in [9.17, 15) is 9.59 Å². The van der Waals surface area contributed by atoms with E-state index in [0.29, 0.717) is 33.9 Å². The molecule has 6 nitrogen and oxygen atoms in total. The minimum absolute atomic E-state index is 0.0641. The van der Waals surface area contributed by atoms with Gasteiger partial charge in [0.15, 0.2) is 0 Å². The molecule has 3 aromatic heterocycles. The predicted molar refractivity (Wildman–Crippen MR) is 113 cm³/mol. The minimum atomic E-state index is -0.178. The molecular formula is C23H21N3O3. The Bertz CT molecular complexity index is 1330. The third-order valence-corrected chi connectivity index (χ3v) is 5.61. The molecule has 0 aliphatic carbocycles. The van der Waals surface area contributed by atoms with Gasteiger partial charge in [-0.2, -0.15) is 0 Å².